The first kappa shape index (κ1) is 15.1. The van der Waals surface area contributed by atoms with Crippen LogP contribution in [0.15, 0.2) is 30.3 Å². The molecule has 94 valence electrons. The average Bonchev–Trinajstić information content (AvgIpc) is 2.16. The van der Waals surface area contributed by atoms with Gasteiger partial charge in [-0.15, -0.1) is 0 Å². The highest BCUT2D eigenvalue weighted by Gasteiger charge is 2.08. The van der Waals surface area contributed by atoms with E-state index in [1.54, 1.807) is 0 Å². The van der Waals surface area contributed by atoms with Crippen molar-refractivity contribution in [3.8, 4) is 0 Å². The maximum Gasteiger partial charge on any atom is 0.314 e. The normalized spacial score (nSPS) is 10.1. The third-order valence-corrected chi connectivity index (χ3v) is 1.83. The fourth-order valence-corrected chi connectivity index (χ4v) is 1.00. The van der Waals surface area contributed by atoms with Crippen molar-refractivity contribution in [2.75, 3.05) is 21.1 Å². The van der Waals surface area contributed by atoms with E-state index in [9.17, 15) is 9.59 Å². The summed E-state index contributed by atoms with van der Waals surface area (Å²) in [4.78, 5) is 18.9. The fourth-order valence-electron chi connectivity index (χ4n) is 1.00. The lowest BCUT2D eigenvalue weighted by atomic mass is 10.3. The van der Waals surface area contributed by atoms with Crippen molar-refractivity contribution in [3.63, 3.8) is 0 Å². The van der Waals surface area contributed by atoms with Crippen molar-refractivity contribution < 1.29 is 19.8 Å². The van der Waals surface area contributed by atoms with Crippen LogP contribution in [0.2, 0.25) is 0 Å². The molecule has 0 aliphatic heterocycles. The Morgan fingerprint density at radius 1 is 1.00 bits per heavy atom. The number of benzene rings is 1. The first-order valence-corrected chi connectivity index (χ1v) is 5.04. The number of quaternary nitrogens is 1. The molecule has 0 unspecified atom stereocenters. The predicted molar refractivity (Wildman–Crippen MR) is 65.9 cm³/mol. The summed E-state index contributed by atoms with van der Waals surface area (Å²) >= 11 is 0. The highest BCUT2D eigenvalue weighted by Crippen LogP contribution is 2.14. The van der Waals surface area contributed by atoms with E-state index in [1.807, 2.05) is 6.07 Å². The molecule has 0 spiro atoms. The van der Waals surface area contributed by atoms with E-state index in [-0.39, 0.29) is 0 Å². The molecule has 17 heavy (non-hydrogen) atoms. The largest absolute Gasteiger partial charge is 0.481 e. The van der Waals surface area contributed by atoms with Gasteiger partial charge >= 0.3 is 11.9 Å². The van der Waals surface area contributed by atoms with E-state index in [0.29, 0.717) is 0 Å². The van der Waals surface area contributed by atoms with Gasteiger partial charge in [-0.25, -0.2) is 0 Å². The van der Waals surface area contributed by atoms with Crippen molar-refractivity contribution in [2.24, 2.45) is 0 Å². The predicted octanol–water partition coefficient (Wildman–Crippen LogP) is 1.43. The van der Waals surface area contributed by atoms with Gasteiger partial charge in [0.2, 0.25) is 0 Å². The molecule has 5 nitrogen and oxygen atoms in total. The number of rotatable bonds is 3. The van der Waals surface area contributed by atoms with Gasteiger partial charge in [0.1, 0.15) is 12.1 Å². The molecule has 2 N–H and O–H groups in total. The maximum absolute atomic E-state index is 9.43. The Hall–Kier alpha value is -1.88. The van der Waals surface area contributed by atoms with E-state index in [0.717, 1.165) is 4.48 Å². The van der Waals surface area contributed by atoms with Gasteiger partial charge in [0.05, 0.1) is 21.1 Å². The topological polar surface area (TPSA) is 74.6 Å². The lowest BCUT2D eigenvalue weighted by Crippen LogP contribution is -2.34. The minimum Gasteiger partial charge on any atom is -0.481 e. The third kappa shape index (κ3) is 7.98. The fraction of sp³-hybridized carbons (Fsp3) is 0.333. The smallest absolute Gasteiger partial charge is 0.314 e. The Kier molecular flexibility index (Phi) is 5.91. The summed E-state index contributed by atoms with van der Waals surface area (Å²) in [6, 6.07) is 10.5. The molecular formula is C12H18NO4+. The first-order valence-electron chi connectivity index (χ1n) is 5.04. The summed E-state index contributed by atoms with van der Waals surface area (Å²) < 4.78 is 0.890. The molecule has 0 radical (unpaired) electrons. The second-order valence-corrected chi connectivity index (χ2v) is 4.31. The number of aliphatic carboxylic acids is 2. The van der Waals surface area contributed by atoms with Crippen LogP contribution in [-0.2, 0) is 9.59 Å². The Morgan fingerprint density at radius 2 is 1.41 bits per heavy atom. The molecule has 0 saturated heterocycles. The summed E-state index contributed by atoms with van der Waals surface area (Å²) in [5.74, 6) is -2.62. The number of carboxylic acids is 2. The van der Waals surface area contributed by atoms with E-state index in [4.69, 9.17) is 10.2 Å². The molecule has 5 heteroatoms. The molecule has 0 saturated carbocycles. The Balaban J connectivity index is 0.000000325. The van der Waals surface area contributed by atoms with Gasteiger partial charge in [-0.3, -0.25) is 14.1 Å². The number of hydrogen-bond donors (Lipinski definition) is 2. The van der Waals surface area contributed by atoms with E-state index in [1.165, 1.54) is 5.69 Å². The van der Waals surface area contributed by atoms with E-state index >= 15 is 0 Å². The second kappa shape index (κ2) is 6.65. The number of para-hydroxylation sites is 1. The Morgan fingerprint density at radius 3 is 1.59 bits per heavy atom. The second-order valence-electron chi connectivity index (χ2n) is 4.31. The molecule has 1 rings (SSSR count). The zero-order valence-electron chi connectivity index (χ0n) is 10.3. The molecule has 0 aromatic heterocycles. The van der Waals surface area contributed by atoms with Gasteiger partial charge in [-0.2, -0.15) is 0 Å². The van der Waals surface area contributed by atoms with Gasteiger partial charge in [0.15, 0.2) is 0 Å². The van der Waals surface area contributed by atoms with Crippen LogP contribution in [0, 0.1) is 0 Å². The summed E-state index contributed by atoms with van der Waals surface area (Å²) in [5, 5.41) is 15.4. The summed E-state index contributed by atoms with van der Waals surface area (Å²) in [6.07, 6.45) is -0.806. The number of carbonyl (C=O) groups is 2. The zero-order valence-corrected chi connectivity index (χ0v) is 10.3. The zero-order chi connectivity index (χ0) is 13.5. The molecule has 0 amide bonds. The minimum atomic E-state index is -1.31. The molecule has 0 atom stereocenters. The number of nitrogens with zero attached hydrogens (tertiary/aromatic N) is 1. The Bertz CT molecular complexity index is 356. The van der Waals surface area contributed by atoms with E-state index in [2.05, 4.69) is 45.4 Å². The SMILES string of the molecule is C[N+](C)(C)c1ccccc1.O=C(O)CC(=O)O. The van der Waals surface area contributed by atoms with Gasteiger partial charge in [0, 0.05) is 0 Å². The highest BCUT2D eigenvalue weighted by atomic mass is 16.4. The third-order valence-electron chi connectivity index (χ3n) is 1.83. The Labute approximate surface area is 101 Å². The van der Waals surface area contributed by atoms with E-state index < -0.39 is 18.4 Å². The van der Waals surface area contributed by atoms with Gasteiger partial charge in [-0.05, 0) is 12.1 Å². The molecule has 0 aliphatic carbocycles. The average molecular weight is 240 g/mol. The molecular weight excluding hydrogens is 222 g/mol. The van der Waals surface area contributed by atoms with Crippen LogP contribution in [0.1, 0.15) is 6.42 Å². The summed E-state index contributed by atoms with van der Waals surface area (Å²) in [7, 11) is 6.49. The molecule has 0 aliphatic rings. The first-order chi connectivity index (χ1) is 7.73. The molecule has 0 bridgehead atoms. The van der Waals surface area contributed by atoms with Crippen molar-refractivity contribution >= 4 is 17.6 Å². The van der Waals surface area contributed by atoms with Crippen molar-refractivity contribution in [1.82, 2.24) is 4.48 Å². The van der Waals surface area contributed by atoms with Gasteiger partial charge < -0.3 is 10.2 Å². The molecule has 0 fully saturated rings. The van der Waals surface area contributed by atoms with Crippen LogP contribution in [0.5, 0.6) is 0 Å². The van der Waals surface area contributed by atoms with Gasteiger partial charge in [-0.1, -0.05) is 18.2 Å². The van der Waals surface area contributed by atoms with Crippen LogP contribution in [0.4, 0.5) is 5.69 Å². The van der Waals surface area contributed by atoms with Crippen LogP contribution in [-0.4, -0.2) is 43.3 Å². The highest BCUT2D eigenvalue weighted by molar-refractivity contribution is 5.88. The molecule has 1 aromatic rings. The van der Waals surface area contributed by atoms with Crippen LogP contribution in [0.3, 0.4) is 0 Å². The summed E-state index contributed by atoms with van der Waals surface area (Å²) in [6.45, 7) is 0. The van der Waals surface area contributed by atoms with Crippen LogP contribution < -0.4 is 4.48 Å². The van der Waals surface area contributed by atoms with Crippen LogP contribution >= 0.6 is 0 Å². The lowest BCUT2D eigenvalue weighted by Gasteiger charge is -2.22. The van der Waals surface area contributed by atoms with Gasteiger partial charge in [0.25, 0.3) is 0 Å². The quantitative estimate of drug-likeness (QED) is 0.619. The van der Waals surface area contributed by atoms with Crippen molar-refractivity contribution in [3.05, 3.63) is 30.3 Å². The molecule has 0 heterocycles. The molecule has 1 aromatic carbocycles. The van der Waals surface area contributed by atoms with Crippen molar-refractivity contribution in [2.45, 2.75) is 6.42 Å². The van der Waals surface area contributed by atoms with Crippen molar-refractivity contribution in [1.29, 1.82) is 0 Å². The van der Waals surface area contributed by atoms with Crippen LogP contribution in [0.25, 0.3) is 0 Å². The lowest BCUT2D eigenvalue weighted by molar-refractivity contribution is -0.147. The standard InChI is InChI=1S/C9H14N.C3H4O4/c1-10(2,3)9-7-5-4-6-8-9;4-2(5)1-3(6)7/h4-8H,1-3H3;1H2,(H,4,5)(H,6,7)/q+1;. The summed E-state index contributed by atoms with van der Waals surface area (Å²) in [5.41, 5.74) is 1.34. The maximum atomic E-state index is 9.43. The minimum absolute atomic E-state index is 0.806. The monoisotopic (exact) mass is 240 g/mol. The number of hydrogen-bond acceptors (Lipinski definition) is 2. The number of carboxylic acid groups (broad SMARTS) is 2.